The van der Waals surface area contributed by atoms with Crippen molar-refractivity contribution in [2.24, 2.45) is 5.92 Å². The molecule has 2 heterocycles. The van der Waals surface area contributed by atoms with Crippen molar-refractivity contribution in [3.63, 3.8) is 0 Å². The molecule has 0 spiro atoms. The van der Waals surface area contributed by atoms with Crippen molar-refractivity contribution in [2.75, 3.05) is 19.0 Å². The van der Waals surface area contributed by atoms with Crippen LogP contribution in [-0.4, -0.2) is 41.1 Å². The van der Waals surface area contributed by atoms with E-state index in [0.29, 0.717) is 17.1 Å². The van der Waals surface area contributed by atoms with Crippen LogP contribution in [0.3, 0.4) is 0 Å². The minimum absolute atomic E-state index is 0.0754. The fraction of sp³-hybridized carbons (Fsp3) is 0.917. The van der Waals surface area contributed by atoms with Crippen LogP contribution in [-0.2, 0) is 4.79 Å². The molecule has 0 saturated carbocycles. The molecular weight excluding hydrogens is 220 g/mol. The molecule has 1 N–H and O–H groups in total. The number of hydrogen-bond donors (Lipinski definition) is 1. The van der Waals surface area contributed by atoms with Gasteiger partial charge in [0.2, 0.25) is 5.91 Å². The summed E-state index contributed by atoms with van der Waals surface area (Å²) in [6.45, 7) is 6.05. The van der Waals surface area contributed by atoms with E-state index in [1.54, 1.807) is 0 Å². The Kier molecular flexibility index (Phi) is 4.14. The van der Waals surface area contributed by atoms with Crippen LogP contribution in [0, 0.1) is 5.92 Å². The lowest BCUT2D eigenvalue weighted by Crippen LogP contribution is -2.34. The van der Waals surface area contributed by atoms with Crippen molar-refractivity contribution in [3.05, 3.63) is 0 Å². The van der Waals surface area contributed by atoms with Crippen molar-refractivity contribution in [1.82, 2.24) is 10.2 Å². The van der Waals surface area contributed by atoms with Gasteiger partial charge in [-0.1, -0.05) is 13.8 Å². The molecule has 0 aromatic carbocycles. The molecule has 2 unspecified atom stereocenters. The lowest BCUT2D eigenvalue weighted by Gasteiger charge is -2.19. The molecule has 2 rings (SSSR count). The summed E-state index contributed by atoms with van der Waals surface area (Å²) in [5, 5.41) is 4.01. The summed E-state index contributed by atoms with van der Waals surface area (Å²) < 4.78 is 0. The number of carbonyl (C=O) groups is 1. The second-order valence-corrected chi connectivity index (χ2v) is 6.65. The first-order valence-corrected chi connectivity index (χ1v) is 7.35. The second-order valence-electron chi connectivity index (χ2n) is 5.24. The van der Waals surface area contributed by atoms with Crippen molar-refractivity contribution in [1.29, 1.82) is 0 Å². The van der Waals surface area contributed by atoms with Gasteiger partial charge in [-0.05, 0) is 30.9 Å². The summed E-state index contributed by atoms with van der Waals surface area (Å²) >= 11 is 2.02. The highest BCUT2D eigenvalue weighted by Gasteiger charge is 2.33. The standard InChI is InChI=1S/C12H22N2OS/c1-9(2)6-11-12(15)14(8-13-11)7-10-4-3-5-16-10/h9-11,13H,3-8H2,1-2H3. The summed E-state index contributed by atoms with van der Waals surface area (Å²) in [5.41, 5.74) is 0. The van der Waals surface area contributed by atoms with Gasteiger partial charge in [0.05, 0.1) is 12.7 Å². The zero-order chi connectivity index (χ0) is 11.5. The van der Waals surface area contributed by atoms with E-state index < -0.39 is 0 Å². The monoisotopic (exact) mass is 242 g/mol. The topological polar surface area (TPSA) is 32.3 Å². The molecule has 2 saturated heterocycles. The lowest BCUT2D eigenvalue weighted by atomic mass is 10.0. The van der Waals surface area contributed by atoms with Crippen LogP contribution in [0.25, 0.3) is 0 Å². The van der Waals surface area contributed by atoms with E-state index in [2.05, 4.69) is 19.2 Å². The van der Waals surface area contributed by atoms with Crippen molar-refractivity contribution < 1.29 is 4.79 Å². The smallest absolute Gasteiger partial charge is 0.240 e. The van der Waals surface area contributed by atoms with Gasteiger partial charge in [0.1, 0.15) is 0 Å². The molecule has 3 nitrogen and oxygen atoms in total. The first-order valence-electron chi connectivity index (χ1n) is 6.30. The van der Waals surface area contributed by atoms with E-state index >= 15 is 0 Å². The zero-order valence-corrected chi connectivity index (χ0v) is 11.1. The van der Waals surface area contributed by atoms with Crippen LogP contribution in [0.2, 0.25) is 0 Å². The maximum absolute atomic E-state index is 12.1. The van der Waals surface area contributed by atoms with Gasteiger partial charge < -0.3 is 4.90 Å². The number of hydrogen-bond acceptors (Lipinski definition) is 3. The van der Waals surface area contributed by atoms with Crippen molar-refractivity contribution >= 4 is 17.7 Å². The third-order valence-electron chi connectivity index (χ3n) is 3.29. The number of rotatable bonds is 4. The Morgan fingerprint density at radius 3 is 3.00 bits per heavy atom. The van der Waals surface area contributed by atoms with Crippen LogP contribution in [0.5, 0.6) is 0 Å². The molecule has 2 atom stereocenters. The van der Waals surface area contributed by atoms with Gasteiger partial charge in [-0.25, -0.2) is 0 Å². The van der Waals surface area contributed by atoms with Crippen LogP contribution >= 0.6 is 11.8 Å². The van der Waals surface area contributed by atoms with Gasteiger partial charge >= 0.3 is 0 Å². The number of nitrogens with one attached hydrogen (secondary N) is 1. The van der Waals surface area contributed by atoms with E-state index in [1.807, 2.05) is 16.7 Å². The van der Waals surface area contributed by atoms with E-state index in [4.69, 9.17) is 0 Å². The van der Waals surface area contributed by atoms with Crippen LogP contribution in [0.4, 0.5) is 0 Å². The maximum Gasteiger partial charge on any atom is 0.240 e. The summed E-state index contributed by atoms with van der Waals surface area (Å²) in [6.07, 6.45) is 3.57. The molecule has 92 valence electrons. The summed E-state index contributed by atoms with van der Waals surface area (Å²) in [6, 6.07) is 0.0754. The normalized spacial score (nSPS) is 30.7. The fourth-order valence-corrected chi connectivity index (χ4v) is 3.74. The molecule has 4 heteroatoms. The van der Waals surface area contributed by atoms with E-state index in [1.165, 1.54) is 18.6 Å². The predicted octanol–water partition coefficient (Wildman–Crippen LogP) is 1.69. The first kappa shape index (κ1) is 12.2. The quantitative estimate of drug-likeness (QED) is 0.814. The largest absolute Gasteiger partial charge is 0.327 e. The number of nitrogens with zero attached hydrogens (tertiary/aromatic N) is 1. The number of thioether (sulfide) groups is 1. The van der Waals surface area contributed by atoms with Gasteiger partial charge in [-0.2, -0.15) is 11.8 Å². The van der Waals surface area contributed by atoms with Gasteiger partial charge in [0, 0.05) is 11.8 Å². The minimum atomic E-state index is 0.0754. The Hall–Kier alpha value is -0.220. The molecule has 2 aliphatic heterocycles. The molecule has 0 bridgehead atoms. The highest BCUT2D eigenvalue weighted by atomic mass is 32.2. The molecule has 0 aliphatic carbocycles. The molecule has 1 amide bonds. The first-order chi connectivity index (χ1) is 7.66. The minimum Gasteiger partial charge on any atom is -0.327 e. The molecule has 0 radical (unpaired) electrons. The van der Waals surface area contributed by atoms with Gasteiger partial charge in [-0.3, -0.25) is 10.1 Å². The van der Waals surface area contributed by atoms with Crippen molar-refractivity contribution in [3.8, 4) is 0 Å². The van der Waals surface area contributed by atoms with Gasteiger partial charge in [0.25, 0.3) is 0 Å². The summed E-state index contributed by atoms with van der Waals surface area (Å²) in [5.74, 6) is 2.18. The van der Waals surface area contributed by atoms with Crippen LogP contribution in [0.1, 0.15) is 33.1 Å². The molecule has 2 fully saturated rings. The second kappa shape index (κ2) is 5.41. The van der Waals surface area contributed by atoms with E-state index in [0.717, 1.165) is 19.6 Å². The van der Waals surface area contributed by atoms with Gasteiger partial charge in [-0.15, -0.1) is 0 Å². The highest BCUT2D eigenvalue weighted by Crippen LogP contribution is 2.27. The SMILES string of the molecule is CC(C)CC1NCN(CC2CCCS2)C1=O. The Morgan fingerprint density at radius 1 is 1.56 bits per heavy atom. The third-order valence-corrected chi connectivity index (χ3v) is 4.67. The van der Waals surface area contributed by atoms with E-state index in [9.17, 15) is 4.79 Å². The number of amides is 1. The molecule has 2 aliphatic rings. The maximum atomic E-state index is 12.1. The summed E-state index contributed by atoms with van der Waals surface area (Å²) in [4.78, 5) is 14.1. The zero-order valence-electron chi connectivity index (χ0n) is 10.2. The molecule has 0 aromatic rings. The average Bonchev–Trinajstić information content (AvgIpc) is 2.82. The Labute approximate surface area is 102 Å². The van der Waals surface area contributed by atoms with Crippen LogP contribution in [0.15, 0.2) is 0 Å². The van der Waals surface area contributed by atoms with Crippen LogP contribution < -0.4 is 5.32 Å². The Morgan fingerprint density at radius 2 is 2.38 bits per heavy atom. The van der Waals surface area contributed by atoms with E-state index in [-0.39, 0.29) is 6.04 Å². The Balaban J connectivity index is 1.81. The molecule has 0 aromatic heterocycles. The highest BCUT2D eigenvalue weighted by molar-refractivity contribution is 8.00. The third kappa shape index (κ3) is 2.92. The lowest BCUT2D eigenvalue weighted by molar-refractivity contribution is -0.129. The Bertz CT molecular complexity index is 251. The summed E-state index contributed by atoms with van der Waals surface area (Å²) in [7, 11) is 0. The van der Waals surface area contributed by atoms with Crippen molar-refractivity contribution in [2.45, 2.75) is 44.4 Å². The average molecular weight is 242 g/mol. The fourth-order valence-electron chi connectivity index (χ4n) is 2.45. The predicted molar refractivity (Wildman–Crippen MR) is 68.4 cm³/mol. The van der Waals surface area contributed by atoms with Gasteiger partial charge in [0.15, 0.2) is 0 Å². The number of carbonyl (C=O) groups excluding carboxylic acids is 1. The molecular formula is C12H22N2OS. The molecule has 16 heavy (non-hydrogen) atoms.